The quantitative estimate of drug-likeness (QED) is 0.565. The molecule has 8 heteroatoms. The number of hydrogen-bond donors (Lipinski definition) is 0. The Kier molecular flexibility index (Phi) is 6.70. The highest BCUT2D eigenvalue weighted by atomic mass is 19.4. The molecule has 0 aliphatic carbocycles. The molecule has 0 bridgehead atoms. The Balaban J connectivity index is 2.55. The van der Waals surface area contributed by atoms with E-state index in [0.717, 1.165) is 0 Å². The summed E-state index contributed by atoms with van der Waals surface area (Å²) >= 11 is 0. The fourth-order valence-corrected chi connectivity index (χ4v) is 2.41. The summed E-state index contributed by atoms with van der Waals surface area (Å²) in [4.78, 5) is 13.7. The van der Waals surface area contributed by atoms with Gasteiger partial charge in [-0.2, -0.15) is 13.2 Å². The monoisotopic (exact) mass is 341 g/mol. The van der Waals surface area contributed by atoms with Crippen LogP contribution in [0.4, 0.5) is 18.0 Å². The maximum Gasteiger partial charge on any atom is 0.411 e. The van der Waals surface area contributed by atoms with Crippen molar-refractivity contribution in [2.45, 2.75) is 64.3 Å². The molecule has 0 radical (unpaired) electrons. The van der Waals surface area contributed by atoms with Crippen LogP contribution >= 0.6 is 0 Å². The molecule has 0 aromatic rings. The number of halogens is 3. The Bertz CT molecular complexity index is 395. The zero-order chi connectivity index (χ0) is 17.7. The Morgan fingerprint density at radius 3 is 2.43 bits per heavy atom. The Morgan fingerprint density at radius 1 is 1.26 bits per heavy atom. The first kappa shape index (κ1) is 20.0. The minimum Gasteiger partial charge on any atom is -0.444 e. The SMILES string of the molecule is CCC1(OCOCC(F)(F)F)CCCN(C(=O)OC(C)(C)C)C1. The van der Waals surface area contributed by atoms with Gasteiger partial charge in [0.05, 0.1) is 12.1 Å². The Labute approximate surface area is 135 Å². The molecule has 1 rings (SSSR count). The molecule has 0 aromatic heterocycles. The van der Waals surface area contributed by atoms with Gasteiger partial charge in [-0.1, -0.05) is 6.92 Å². The maximum absolute atomic E-state index is 12.1. The lowest BCUT2D eigenvalue weighted by Crippen LogP contribution is -2.52. The summed E-state index contributed by atoms with van der Waals surface area (Å²) in [6, 6.07) is 0. The van der Waals surface area contributed by atoms with Gasteiger partial charge in [0.15, 0.2) is 0 Å². The molecular formula is C15H26F3NO4. The van der Waals surface area contributed by atoms with Crippen molar-refractivity contribution in [2.75, 3.05) is 26.5 Å². The molecule has 1 fully saturated rings. The average molecular weight is 341 g/mol. The Morgan fingerprint density at radius 2 is 1.91 bits per heavy atom. The first-order valence-corrected chi connectivity index (χ1v) is 7.73. The predicted molar refractivity (Wildman–Crippen MR) is 78.0 cm³/mol. The van der Waals surface area contributed by atoms with E-state index in [2.05, 4.69) is 4.74 Å². The van der Waals surface area contributed by atoms with Crippen molar-refractivity contribution in [3.63, 3.8) is 0 Å². The smallest absolute Gasteiger partial charge is 0.411 e. The summed E-state index contributed by atoms with van der Waals surface area (Å²) in [5.41, 5.74) is -1.29. The topological polar surface area (TPSA) is 48.0 Å². The standard InChI is InChI=1S/C15H26F3NO4/c1-5-14(22-11-21-10-15(16,17)18)7-6-8-19(9-14)12(20)23-13(2,3)4/h5-11H2,1-4H3. The molecule has 1 heterocycles. The van der Waals surface area contributed by atoms with Gasteiger partial charge < -0.3 is 19.1 Å². The predicted octanol–water partition coefficient (Wildman–Crippen LogP) is 3.72. The molecule has 136 valence electrons. The van der Waals surface area contributed by atoms with E-state index in [1.807, 2.05) is 6.92 Å². The number of ether oxygens (including phenoxy) is 3. The number of piperidine rings is 1. The van der Waals surface area contributed by atoms with Gasteiger partial charge in [0.25, 0.3) is 0 Å². The van der Waals surface area contributed by atoms with Crippen molar-refractivity contribution < 1.29 is 32.2 Å². The number of rotatable bonds is 5. The fourth-order valence-electron chi connectivity index (χ4n) is 2.41. The summed E-state index contributed by atoms with van der Waals surface area (Å²) < 4.78 is 51.6. The van der Waals surface area contributed by atoms with Gasteiger partial charge >= 0.3 is 12.3 Å². The van der Waals surface area contributed by atoms with Crippen LogP contribution in [-0.2, 0) is 14.2 Å². The van der Waals surface area contributed by atoms with E-state index in [-0.39, 0.29) is 6.54 Å². The van der Waals surface area contributed by atoms with Crippen LogP contribution in [0.1, 0.15) is 47.0 Å². The number of carbonyl (C=O) groups is 1. The van der Waals surface area contributed by atoms with Gasteiger partial charge in [-0.3, -0.25) is 0 Å². The van der Waals surface area contributed by atoms with Crippen LogP contribution in [0.5, 0.6) is 0 Å². The van der Waals surface area contributed by atoms with Crippen molar-refractivity contribution in [1.82, 2.24) is 4.90 Å². The number of amides is 1. The van der Waals surface area contributed by atoms with Crippen LogP contribution in [0.15, 0.2) is 0 Å². The molecule has 1 unspecified atom stereocenters. The summed E-state index contributed by atoms with van der Waals surface area (Å²) in [6.07, 6.45) is -2.88. The third-order valence-electron chi connectivity index (χ3n) is 3.55. The summed E-state index contributed by atoms with van der Waals surface area (Å²) in [5, 5.41) is 0. The third-order valence-corrected chi connectivity index (χ3v) is 3.55. The van der Waals surface area contributed by atoms with Gasteiger partial charge in [0.1, 0.15) is 19.0 Å². The molecular weight excluding hydrogens is 315 g/mol. The van der Waals surface area contributed by atoms with Gasteiger partial charge in [-0.15, -0.1) is 0 Å². The van der Waals surface area contributed by atoms with Crippen LogP contribution in [0.25, 0.3) is 0 Å². The number of nitrogens with zero attached hydrogens (tertiary/aromatic N) is 1. The van der Waals surface area contributed by atoms with E-state index >= 15 is 0 Å². The first-order chi connectivity index (χ1) is 10.5. The zero-order valence-electron chi connectivity index (χ0n) is 14.2. The lowest BCUT2D eigenvalue weighted by molar-refractivity contribution is -0.222. The van der Waals surface area contributed by atoms with Gasteiger partial charge in [-0.25, -0.2) is 4.79 Å². The van der Waals surface area contributed by atoms with Crippen LogP contribution in [0.2, 0.25) is 0 Å². The molecule has 5 nitrogen and oxygen atoms in total. The van der Waals surface area contributed by atoms with Gasteiger partial charge in [0, 0.05) is 6.54 Å². The van der Waals surface area contributed by atoms with E-state index < -0.39 is 36.9 Å². The van der Waals surface area contributed by atoms with Crippen molar-refractivity contribution in [3.8, 4) is 0 Å². The van der Waals surface area contributed by atoms with Crippen molar-refractivity contribution in [2.24, 2.45) is 0 Å². The molecule has 1 amide bonds. The number of hydrogen-bond acceptors (Lipinski definition) is 4. The number of carbonyl (C=O) groups excluding carboxylic acids is 1. The molecule has 0 N–H and O–H groups in total. The highest BCUT2D eigenvalue weighted by Crippen LogP contribution is 2.29. The van der Waals surface area contributed by atoms with E-state index in [0.29, 0.717) is 25.8 Å². The Hall–Kier alpha value is -1.02. The van der Waals surface area contributed by atoms with Gasteiger partial charge in [-0.05, 0) is 40.0 Å². The summed E-state index contributed by atoms with van der Waals surface area (Å²) in [7, 11) is 0. The average Bonchev–Trinajstić information content (AvgIpc) is 2.41. The largest absolute Gasteiger partial charge is 0.444 e. The molecule has 1 aliphatic heterocycles. The molecule has 1 atom stereocenters. The molecule has 0 spiro atoms. The van der Waals surface area contributed by atoms with Crippen LogP contribution < -0.4 is 0 Å². The highest BCUT2D eigenvalue weighted by Gasteiger charge is 2.38. The second kappa shape index (κ2) is 7.70. The zero-order valence-corrected chi connectivity index (χ0v) is 14.2. The first-order valence-electron chi connectivity index (χ1n) is 7.73. The van der Waals surface area contributed by atoms with Crippen molar-refractivity contribution in [1.29, 1.82) is 0 Å². The number of alkyl halides is 3. The molecule has 23 heavy (non-hydrogen) atoms. The molecule has 1 aliphatic rings. The fraction of sp³-hybridized carbons (Fsp3) is 0.933. The van der Waals surface area contributed by atoms with Crippen LogP contribution in [0, 0.1) is 0 Å². The lowest BCUT2D eigenvalue weighted by Gasteiger charge is -2.42. The minimum atomic E-state index is -4.38. The van der Waals surface area contributed by atoms with Crippen LogP contribution in [0.3, 0.4) is 0 Å². The summed E-state index contributed by atoms with van der Waals surface area (Å²) in [5.74, 6) is 0. The maximum atomic E-state index is 12.1. The van der Waals surface area contributed by atoms with Crippen LogP contribution in [-0.4, -0.2) is 54.9 Å². The van der Waals surface area contributed by atoms with Crippen molar-refractivity contribution >= 4 is 6.09 Å². The molecule has 1 saturated heterocycles. The van der Waals surface area contributed by atoms with Crippen molar-refractivity contribution in [3.05, 3.63) is 0 Å². The normalized spacial score (nSPS) is 23.0. The minimum absolute atomic E-state index is 0.286. The van der Waals surface area contributed by atoms with E-state index in [1.54, 1.807) is 25.7 Å². The second-order valence-electron chi connectivity index (χ2n) is 6.77. The van der Waals surface area contributed by atoms with E-state index in [9.17, 15) is 18.0 Å². The van der Waals surface area contributed by atoms with Gasteiger partial charge in [0.2, 0.25) is 0 Å². The molecule has 0 saturated carbocycles. The number of likely N-dealkylation sites (tertiary alicyclic amines) is 1. The van der Waals surface area contributed by atoms with E-state index in [4.69, 9.17) is 9.47 Å². The lowest BCUT2D eigenvalue weighted by atomic mass is 9.90. The summed E-state index contributed by atoms with van der Waals surface area (Å²) in [6.45, 7) is 6.26. The van der Waals surface area contributed by atoms with E-state index in [1.165, 1.54) is 0 Å². The third kappa shape index (κ3) is 7.39. The second-order valence-corrected chi connectivity index (χ2v) is 6.77. The highest BCUT2D eigenvalue weighted by molar-refractivity contribution is 5.68. The molecule has 0 aromatic carbocycles.